The van der Waals surface area contributed by atoms with Crippen molar-refractivity contribution in [1.82, 2.24) is 14.9 Å². The standard InChI is InChI=1S/C32H32ClN5O3/c1-5-40-31-17-29-27(15-22(31)14-26(39)10-7-13-38(3)4)32(23(18-34)19-35-29)37-24-11-12-30(28(33)16-24)41-20-25-9-6-8-21(2)36-25/h6-12,15-17,19H,5,13-14,20H2,1-4H3,(H,35,37)/b10-7+/i1D3,5D2,6D,8D,9D,10D,11D,12D,13D2,15D,16D,17D,19D,20D2. The van der Waals surface area contributed by atoms with E-state index in [2.05, 4.69) is 15.3 Å². The molecule has 0 bridgehead atoms. The van der Waals surface area contributed by atoms with Crippen LogP contribution in [0.15, 0.2) is 66.6 Å². The van der Waals surface area contributed by atoms with Gasteiger partial charge in [-0.3, -0.25) is 14.8 Å². The normalized spacial score (nSPS) is 19.4. The van der Waals surface area contributed by atoms with Crippen LogP contribution in [-0.2, 0) is 17.8 Å². The van der Waals surface area contributed by atoms with Crippen LogP contribution in [0.25, 0.3) is 10.9 Å². The van der Waals surface area contributed by atoms with Gasteiger partial charge in [0, 0.05) is 54.3 Å². The zero-order valence-corrected chi connectivity index (χ0v) is 22.4. The number of hydrogen-bond acceptors (Lipinski definition) is 8. The van der Waals surface area contributed by atoms with Crippen LogP contribution in [0.3, 0.4) is 0 Å². The Bertz CT molecular complexity index is 2490. The number of nitrogens with one attached hydrogen (secondary N) is 1. The van der Waals surface area contributed by atoms with Gasteiger partial charge in [-0.25, -0.2) is 0 Å². The molecule has 0 amide bonds. The number of pyridine rings is 2. The Kier molecular flexibility index (Phi) is 4.52. The minimum atomic E-state index is -3.59. The van der Waals surface area contributed by atoms with Gasteiger partial charge in [0.1, 0.15) is 24.1 Å². The van der Waals surface area contributed by atoms with Crippen molar-refractivity contribution < 1.29 is 40.3 Å². The molecule has 9 heteroatoms. The summed E-state index contributed by atoms with van der Waals surface area (Å²) in [7, 11) is 2.62. The molecule has 0 aliphatic heterocycles. The van der Waals surface area contributed by atoms with Gasteiger partial charge in [0.15, 0.2) is 5.78 Å². The molecule has 0 aliphatic carbocycles. The van der Waals surface area contributed by atoms with E-state index in [9.17, 15) is 11.4 Å². The summed E-state index contributed by atoms with van der Waals surface area (Å²) in [6.45, 7) is -11.3. The molecule has 0 atom stereocenters. The van der Waals surface area contributed by atoms with Gasteiger partial charge in [0.25, 0.3) is 0 Å². The molecule has 0 unspecified atom stereocenters. The van der Waals surface area contributed by atoms with E-state index >= 15 is 0 Å². The zero-order valence-electron chi connectivity index (χ0n) is 40.7. The molecule has 0 radical (unpaired) electrons. The number of carbonyl (C=O) groups excluding carboxylic acids is 1. The highest BCUT2D eigenvalue weighted by Crippen LogP contribution is 2.36. The largest absolute Gasteiger partial charge is 0.494 e. The van der Waals surface area contributed by atoms with Crippen molar-refractivity contribution in [2.24, 2.45) is 0 Å². The van der Waals surface area contributed by atoms with Crippen LogP contribution in [0.2, 0.25) is 5.02 Å². The second-order valence-electron chi connectivity index (χ2n) is 8.13. The van der Waals surface area contributed by atoms with Gasteiger partial charge in [-0.2, -0.15) is 5.26 Å². The fraction of sp³-hybridized carbons (Fsp3) is 0.250. The number of benzene rings is 2. The Labute approximate surface area is 271 Å². The van der Waals surface area contributed by atoms with E-state index in [1.54, 1.807) is 6.07 Å². The molecule has 0 saturated carbocycles. The summed E-state index contributed by atoms with van der Waals surface area (Å²) in [6.07, 6.45) is -1.42. The number of rotatable bonds is 12. The Morgan fingerprint density at radius 3 is 2.90 bits per heavy atom. The average molecular weight is 589 g/mol. The Morgan fingerprint density at radius 2 is 2.12 bits per heavy atom. The number of anilines is 2. The summed E-state index contributed by atoms with van der Waals surface area (Å²) < 4.78 is 167. The number of halogens is 1. The average Bonchev–Trinajstić information content (AvgIpc) is 3.14. The fourth-order valence-electron chi connectivity index (χ4n) is 3.17. The molecular weight excluding hydrogens is 538 g/mol. The Morgan fingerprint density at radius 1 is 1.27 bits per heavy atom. The monoisotopic (exact) mass is 588 g/mol. The lowest BCUT2D eigenvalue weighted by atomic mass is 10.0. The number of likely N-dealkylation sites (N-methyl/N-ethyl adjacent to an activating group) is 1. The van der Waals surface area contributed by atoms with Crippen molar-refractivity contribution in [3.8, 4) is 17.6 Å². The number of carbonyl (C=O) groups is 1. The minimum absolute atomic E-state index is 0.139. The molecule has 0 fully saturated rings. The molecule has 0 spiro atoms. The van der Waals surface area contributed by atoms with Gasteiger partial charge >= 0.3 is 0 Å². The van der Waals surface area contributed by atoms with Crippen molar-refractivity contribution >= 4 is 39.7 Å². The predicted octanol–water partition coefficient (Wildman–Crippen LogP) is 6.41. The van der Waals surface area contributed by atoms with Crippen LogP contribution >= 0.6 is 11.6 Å². The van der Waals surface area contributed by atoms with Gasteiger partial charge in [-0.05, 0) is 70.2 Å². The first kappa shape index (κ1) is 13.5. The molecule has 4 rings (SSSR count). The predicted molar refractivity (Wildman–Crippen MR) is 162 cm³/mol. The molecule has 2 aromatic heterocycles. The number of ketones is 1. The smallest absolute Gasteiger partial charge is 0.159 e. The van der Waals surface area contributed by atoms with Gasteiger partial charge in [0.2, 0.25) is 0 Å². The quantitative estimate of drug-likeness (QED) is 0.189. The summed E-state index contributed by atoms with van der Waals surface area (Å²) in [5.74, 6) is -3.19. The maximum Gasteiger partial charge on any atom is 0.159 e. The SMILES string of the molecule is [2H]/C(=C\C([2H])([2H])N(C)C)C(=O)Cc1c(OC([2H])([2H])C([2H])([2H])[2H])c([2H])c2nc([2H])c(C#N)c(Nc3c([2H])c([2H])c(OC([2H])([2H])c4nc(C)c([2H])c([2H])c4[2H])c(Cl)c3[2H])c2c1[2H]. The second-order valence-corrected chi connectivity index (χ2v) is 8.50. The van der Waals surface area contributed by atoms with Crippen LogP contribution in [0.1, 0.15) is 55.4 Å². The summed E-state index contributed by atoms with van der Waals surface area (Å²) in [6, 6.07) is -6.09. The van der Waals surface area contributed by atoms with Crippen molar-refractivity contribution in [2.45, 2.75) is 26.8 Å². The molecule has 2 heterocycles. The molecule has 0 aliphatic rings. The number of allylic oxidation sites excluding steroid dienone is 1. The number of aryl methyl sites for hydroxylation is 1. The minimum Gasteiger partial charge on any atom is -0.494 e. The van der Waals surface area contributed by atoms with E-state index in [0.717, 1.165) is 4.90 Å². The number of ether oxygens (including phenoxy) is 2. The van der Waals surface area contributed by atoms with E-state index in [-0.39, 0.29) is 5.69 Å². The van der Waals surface area contributed by atoms with Gasteiger partial charge in [-0.15, -0.1) is 0 Å². The van der Waals surface area contributed by atoms with Crippen LogP contribution in [0.5, 0.6) is 11.5 Å². The summed E-state index contributed by atoms with van der Waals surface area (Å²) in [4.78, 5) is 22.2. The van der Waals surface area contributed by atoms with Gasteiger partial charge < -0.3 is 19.7 Å². The maximum atomic E-state index is 13.4. The van der Waals surface area contributed by atoms with Crippen LogP contribution in [0.4, 0.5) is 11.4 Å². The van der Waals surface area contributed by atoms with Crippen molar-refractivity contribution in [1.29, 1.82) is 5.26 Å². The third kappa shape index (κ3) is 7.82. The molecule has 0 saturated heterocycles. The highest BCUT2D eigenvalue weighted by atomic mass is 35.5. The highest BCUT2D eigenvalue weighted by molar-refractivity contribution is 6.32. The van der Waals surface area contributed by atoms with Crippen LogP contribution in [0, 0.1) is 18.3 Å². The van der Waals surface area contributed by atoms with E-state index in [0.29, 0.717) is 6.08 Å². The number of fused-ring (bicyclic) bond motifs is 1. The van der Waals surface area contributed by atoms with E-state index in [1.807, 2.05) is 0 Å². The van der Waals surface area contributed by atoms with E-state index in [1.165, 1.54) is 21.0 Å². The highest BCUT2D eigenvalue weighted by Gasteiger charge is 2.16. The second kappa shape index (κ2) is 13.8. The summed E-state index contributed by atoms with van der Waals surface area (Å²) >= 11 is 6.41. The van der Waals surface area contributed by atoms with Gasteiger partial charge in [-0.1, -0.05) is 23.7 Å². The lowest BCUT2D eigenvalue weighted by Gasteiger charge is -2.16. The fourth-order valence-corrected chi connectivity index (χ4v) is 3.35. The number of nitriles is 1. The summed E-state index contributed by atoms with van der Waals surface area (Å²) in [5.41, 5.74) is -4.51. The Hall–Kier alpha value is -4.45. The molecule has 4 aromatic rings. The van der Waals surface area contributed by atoms with Crippen LogP contribution in [-0.4, -0.2) is 47.8 Å². The third-order valence-electron chi connectivity index (χ3n) is 4.90. The zero-order chi connectivity index (χ0) is 45.9. The maximum absolute atomic E-state index is 13.4. The van der Waals surface area contributed by atoms with Gasteiger partial charge in [0.05, 0.1) is 53.2 Å². The first-order valence-corrected chi connectivity index (χ1v) is 11.9. The third-order valence-corrected chi connectivity index (χ3v) is 5.16. The molecule has 41 heavy (non-hydrogen) atoms. The summed E-state index contributed by atoms with van der Waals surface area (Å²) in [5, 5.41) is 11.2. The number of hydrogen-bond donors (Lipinski definition) is 1. The first-order valence-electron chi connectivity index (χ1n) is 21.0. The lowest BCUT2D eigenvalue weighted by Crippen LogP contribution is -2.11. The van der Waals surface area contributed by atoms with Crippen LogP contribution < -0.4 is 14.8 Å². The number of nitrogens with zero attached hydrogens (tertiary/aromatic N) is 4. The molecule has 2 aromatic carbocycles. The molecule has 1 N–H and O–H groups in total. The topological polar surface area (TPSA) is 100 Å². The van der Waals surface area contributed by atoms with Crippen molar-refractivity contribution in [3.63, 3.8) is 0 Å². The van der Waals surface area contributed by atoms with E-state index < -0.39 is 155 Å². The number of aromatic nitrogens is 2. The van der Waals surface area contributed by atoms with Crippen molar-refractivity contribution in [3.05, 3.63) is 94.2 Å². The lowest BCUT2D eigenvalue weighted by molar-refractivity contribution is -0.114. The van der Waals surface area contributed by atoms with E-state index in [4.69, 9.17) is 45.7 Å². The molecular formula is C32H32ClN5O3. The molecule has 210 valence electrons. The first-order chi connectivity index (χ1) is 27.3. The van der Waals surface area contributed by atoms with Crippen molar-refractivity contribution in [2.75, 3.05) is 32.5 Å². The molecule has 8 nitrogen and oxygen atoms in total. The Balaban J connectivity index is 2.02.